The highest BCUT2D eigenvalue weighted by atomic mass is 127. The van der Waals surface area contributed by atoms with Gasteiger partial charge in [0, 0.05) is 22.7 Å². The molecule has 1 fully saturated rings. The quantitative estimate of drug-likeness (QED) is 0.777. The van der Waals surface area contributed by atoms with Crippen molar-refractivity contribution in [3.05, 3.63) is 33.4 Å². The lowest BCUT2D eigenvalue weighted by atomic mass is 10.1. The van der Waals surface area contributed by atoms with E-state index in [0.717, 1.165) is 26.3 Å². The van der Waals surface area contributed by atoms with E-state index in [-0.39, 0.29) is 0 Å². The topological polar surface area (TPSA) is 12.5 Å². The highest BCUT2D eigenvalue weighted by Crippen LogP contribution is 2.14. The fraction of sp³-hybridized carbons (Fsp3) is 0.500. The first-order chi connectivity index (χ1) is 7.25. The molecule has 1 aliphatic heterocycles. The average Bonchev–Trinajstić information content (AvgIpc) is 2.22. The number of hydrogen-bond donors (Lipinski definition) is 0. The van der Waals surface area contributed by atoms with Gasteiger partial charge in [0.2, 0.25) is 0 Å². The fourth-order valence-corrected chi connectivity index (χ4v) is 2.47. The Bertz CT molecular complexity index is 329. The molecular formula is C12H16INO. The van der Waals surface area contributed by atoms with E-state index >= 15 is 0 Å². The van der Waals surface area contributed by atoms with Crippen molar-refractivity contribution in [3.8, 4) is 0 Å². The van der Waals surface area contributed by atoms with Crippen molar-refractivity contribution < 1.29 is 4.74 Å². The minimum Gasteiger partial charge on any atom is -0.379 e. The summed E-state index contributed by atoms with van der Waals surface area (Å²) in [7, 11) is 0. The molecule has 2 rings (SSSR count). The van der Waals surface area contributed by atoms with E-state index in [1.54, 1.807) is 0 Å². The van der Waals surface area contributed by atoms with Crippen molar-refractivity contribution in [1.82, 2.24) is 4.90 Å². The van der Waals surface area contributed by atoms with Crippen molar-refractivity contribution in [2.75, 3.05) is 19.8 Å². The molecule has 1 saturated heterocycles. The Morgan fingerprint density at radius 1 is 1.53 bits per heavy atom. The number of rotatable bonds is 2. The molecular weight excluding hydrogens is 301 g/mol. The van der Waals surface area contributed by atoms with Crippen LogP contribution in [0.4, 0.5) is 0 Å². The molecule has 1 atom stereocenters. The summed E-state index contributed by atoms with van der Waals surface area (Å²) in [5.74, 6) is 0. The predicted molar refractivity (Wildman–Crippen MR) is 69.9 cm³/mol. The molecule has 3 heteroatoms. The molecule has 1 aromatic carbocycles. The zero-order valence-electron chi connectivity index (χ0n) is 8.95. The first-order valence-electron chi connectivity index (χ1n) is 5.32. The number of ether oxygens (including phenoxy) is 1. The first kappa shape index (κ1) is 11.4. The van der Waals surface area contributed by atoms with Crippen LogP contribution in [0.5, 0.6) is 0 Å². The van der Waals surface area contributed by atoms with Gasteiger partial charge in [-0.15, -0.1) is 0 Å². The summed E-state index contributed by atoms with van der Waals surface area (Å²) < 4.78 is 6.74. The lowest BCUT2D eigenvalue weighted by Gasteiger charge is -2.33. The maximum Gasteiger partial charge on any atom is 0.0619 e. The maximum absolute atomic E-state index is 5.43. The lowest BCUT2D eigenvalue weighted by Crippen LogP contribution is -2.42. The van der Waals surface area contributed by atoms with E-state index in [9.17, 15) is 0 Å². The Morgan fingerprint density at radius 3 is 3.13 bits per heavy atom. The molecule has 0 bridgehead atoms. The third-order valence-electron chi connectivity index (χ3n) is 2.78. The molecule has 2 nitrogen and oxygen atoms in total. The Hall–Kier alpha value is -0.130. The minimum absolute atomic E-state index is 0.539. The van der Waals surface area contributed by atoms with Crippen LogP contribution in [0, 0.1) is 3.57 Å². The van der Waals surface area contributed by atoms with Crippen molar-refractivity contribution in [1.29, 1.82) is 0 Å². The van der Waals surface area contributed by atoms with Crippen LogP contribution in [-0.2, 0) is 11.3 Å². The highest BCUT2D eigenvalue weighted by Gasteiger charge is 2.18. The molecule has 0 saturated carbocycles. The summed E-state index contributed by atoms with van der Waals surface area (Å²) in [5, 5.41) is 0. The SMILES string of the molecule is C[C@H]1COCCN1Cc1cccc(I)c1. The number of hydrogen-bond acceptors (Lipinski definition) is 2. The van der Waals surface area contributed by atoms with Crippen molar-refractivity contribution in [3.63, 3.8) is 0 Å². The zero-order chi connectivity index (χ0) is 10.7. The van der Waals surface area contributed by atoms with Gasteiger partial charge >= 0.3 is 0 Å². The molecule has 0 aliphatic carbocycles. The summed E-state index contributed by atoms with van der Waals surface area (Å²) in [5.41, 5.74) is 1.40. The molecule has 0 spiro atoms. The molecule has 1 heterocycles. The Labute approximate surface area is 105 Å². The number of halogens is 1. The lowest BCUT2D eigenvalue weighted by molar-refractivity contribution is -0.00437. The van der Waals surface area contributed by atoms with Crippen LogP contribution in [0.25, 0.3) is 0 Å². The molecule has 0 radical (unpaired) electrons. The number of morpholine rings is 1. The third kappa shape index (κ3) is 3.16. The largest absolute Gasteiger partial charge is 0.379 e. The molecule has 1 aromatic rings. The second kappa shape index (κ2) is 5.27. The summed E-state index contributed by atoms with van der Waals surface area (Å²) in [6.45, 7) is 6.05. The molecule has 82 valence electrons. The first-order valence-corrected chi connectivity index (χ1v) is 6.40. The van der Waals surface area contributed by atoms with Crippen LogP contribution in [-0.4, -0.2) is 30.7 Å². The van der Waals surface area contributed by atoms with Crippen LogP contribution in [0.15, 0.2) is 24.3 Å². The van der Waals surface area contributed by atoms with Crippen LogP contribution in [0.1, 0.15) is 12.5 Å². The molecule has 0 unspecified atom stereocenters. The average molecular weight is 317 g/mol. The summed E-state index contributed by atoms with van der Waals surface area (Å²) >= 11 is 2.36. The van der Waals surface area contributed by atoms with Gasteiger partial charge in [-0.1, -0.05) is 12.1 Å². The number of nitrogens with zero attached hydrogens (tertiary/aromatic N) is 1. The van der Waals surface area contributed by atoms with Gasteiger partial charge in [-0.3, -0.25) is 4.90 Å². The van der Waals surface area contributed by atoms with Gasteiger partial charge in [0.25, 0.3) is 0 Å². The molecule has 15 heavy (non-hydrogen) atoms. The van der Waals surface area contributed by atoms with Crippen molar-refractivity contribution >= 4 is 22.6 Å². The smallest absolute Gasteiger partial charge is 0.0619 e. The van der Waals surface area contributed by atoms with Gasteiger partial charge in [-0.2, -0.15) is 0 Å². The van der Waals surface area contributed by atoms with Crippen LogP contribution in [0.2, 0.25) is 0 Å². The van der Waals surface area contributed by atoms with E-state index in [0.29, 0.717) is 6.04 Å². The van der Waals surface area contributed by atoms with Gasteiger partial charge in [-0.05, 0) is 47.2 Å². The third-order valence-corrected chi connectivity index (χ3v) is 3.45. The van der Waals surface area contributed by atoms with Gasteiger partial charge in [0.1, 0.15) is 0 Å². The van der Waals surface area contributed by atoms with E-state index in [4.69, 9.17) is 4.74 Å². The van der Waals surface area contributed by atoms with E-state index in [2.05, 4.69) is 58.7 Å². The standard InChI is InChI=1S/C12H16INO/c1-10-9-15-6-5-14(10)8-11-3-2-4-12(13)7-11/h2-4,7,10H,5-6,8-9H2,1H3/t10-/m0/s1. The molecule has 0 N–H and O–H groups in total. The normalized spacial score (nSPS) is 22.9. The summed E-state index contributed by atoms with van der Waals surface area (Å²) in [6.07, 6.45) is 0. The molecule has 0 aromatic heterocycles. The molecule has 1 aliphatic rings. The van der Waals surface area contributed by atoms with E-state index in [1.807, 2.05) is 0 Å². The zero-order valence-corrected chi connectivity index (χ0v) is 11.1. The van der Waals surface area contributed by atoms with Gasteiger partial charge in [-0.25, -0.2) is 0 Å². The maximum atomic E-state index is 5.43. The second-order valence-corrected chi connectivity index (χ2v) is 5.27. The van der Waals surface area contributed by atoms with Gasteiger partial charge < -0.3 is 4.74 Å². The summed E-state index contributed by atoms with van der Waals surface area (Å²) in [4.78, 5) is 2.48. The van der Waals surface area contributed by atoms with E-state index in [1.165, 1.54) is 9.13 Å². The van der Waals surface area contributed by atoms with Gasteiger partial charge in [0.05, 0.1) is 13.2 Å². The molecule has 0 amide bonds. The van der Waals surface area contributed by atoms with Crippen molar-refractivity contribution in [2.24, 2.45) is 0 Å². The van der Waals surface area contributed by atoms with Crippen LogP contribution < -0.4 is 0 Å². The van der Waals surface area contributed by atoms with Crippen LogP contribution >= 0.6 is 22.6 Å². The van der Waals surface area contributed by atoms with E-state index < -0.39 is 0 Å². The Kier molecular flexibility index (Phi) is 3.99. The predicted octanol–water partition coefficient (Wildman–Crippen LogP) is 2.51. The minimum atomic E-state index is 0.539. The monoisotopic (exact) mass is 317 g/mol. The van der Waals surface area contributed by atoms with Crippen molar-refractivity contribution in [2.45, 2.75) is 19.5 Å². The second-order valence-electron chi connectivity index (χ2n) is 4.02. The Balaban J connectivity index is 2.01. The fourth-order valence-electron chi connectivity index (χ4n) is 1.87. The Morgan fingerprint density at radius 2 is 2.40 bits per heavy atom. The highest BCUT2D eigenvalue weighted by molar-refractivity contribution is 14.1. The van der Waals surface area contributed by atoms with Gasteiger partial charge in [0.15, 0.2) is 0 Å². The van der Waals surface area contributed by atoms with Crippen LogP contribution in [0.3, 0.4) is 0 Å². The number of benzene rings is 1. The summed E-state index contributed by atoms with van der Waals surface area (Å²) in [6, 6.07) is 9.25.